The van der Waals surface area contributed by atoms with E-state index in [1.807, 2.05) is 0 Å². The van der Waals surface area contributed by atoms with E-state index in [4.69, 9.17) is 5.11 Å². The number of benzene rings is 1. The standard InChI is InChI=1S/C11H16FNO2/c1-8(15)9-4-3-5-10(12)11(9)13(2)6-7-14/h3-5,8,14-15H,6-7H2,1-2H3. The molecule has 1 aromatic carbocycles. The van der Waals surface area contributed by atoms with Gasteiger partial charge in [0.2, 0.25) is 0 Å². The summed E-state index contributed by atoms with van der Waals surface area (Å²) in [7, 11) is 1.68. The zero-order chi connectivity index (χ0) is 11.4. The van der Waals surface area contributed by atoms with Crippen molar-refractivity contribution in [2.45, 2.75) is 13.0 Å². The predicted octanol–water partition coefficient (Wildman–Crippen LogP) is 1.31. The maximum Gasteiger partial charge on any atom is 0.146 e. The van der Waals surface area contributed by atoms with Gasteiger partial charge in [-0.05, 0) is 13.0 Å². The molecule has 0 fully saturated rings. The van der Waals surface area contributed by atoms with E-state index in [0.29, 0.717) is 17.8 Å². The summed E-state index contributed by atoms with van der Waals surface area (Å²) in [6.45, 7) is 1.87. The molecule has 4 heteroatoms. The van der Waals surface area contributed by atoms with Crippen LogP contribution in [0.2, 0.25) is 0 Å². The second-order valence-electron chi connectivity index (χ2n) is 3.50. The van der Waals surface area contributed by atoms with Crippen molar-refractivity contribution in [3.63, 3.8) is 0 Å². The van der Waals surface area contributed by atoms with Gasteiger partial charge in [0.05, 0.1) is 18.4 Å². The molecule has 3 nitrogen and oxygen atoms in total. The number of anilines is 1. The number of hydrogen-bond acceptors (Lipinski definition) is 3. The Morgan fingerprint density at radius 3 is 2.67 bits per heavy atom. The molecule has 0 saturated carbocycles. The Labute approximate surface area is 88.8 Å². The highest BCUT2D eigenvalue weighted by Crippen LogP contribution is 2.28. The molecule has 0 saturated heterocycles. The molecular formula is C11H16FNO2. The molecule has 0 aliphatic heterocycles. The quantitative estimate of drug-likeness (QED) is 0.792. The second-order valence-corrected chi connectivity index (χ2v) is 3.50. The van der Waals surface area contributed by atoms with Gasteiger partial charge in [-0.1, -0.05) is 12.1 Å². The van der Waals surface area contributed by atoms with Crippen molar-refractivity contribution in [3.8, 4) is 0 Å². The van der Waals surface area contributed by atoms with Crippen LogP contribution in [-0.4, -0.2) is 30.4 Å². The lowest BCUT2D eigenvalue weighted by Crippen LogP contribution is -2.24. The fraction of sp³-hybridized carbons (Fsp3) is 0.455. The molecule has 1 rings (SSSR count). The lowest BCUT2D eigenvalue weighted by Gasteiger charge is -2.23. The Balaban J connectivity index is 3.12. The molecule has 1 aromatic rings. The van der Waals surface area contributed by atoms with Crippen LogP contribution in [0.5, 0.6) is 0 Å². The monoisotopic (exact) mass is 213 g/mol. The van der Waals surface area contributed by atoms with Crippen molar-refractivity contribution in [2.75, 3.05) is 25.1 Å². The molecule has 0 amide bonds. The Morgan fingerprint density at radius 1 is 1.47 bits per heavy atom. The summed E-state index contributed by atoms with van der Waals surface area (Å²) in [5.41, 5.74) is 0.882. The molecule has 0 radical (unpaired) electrons. The average Bonchev–Trinajstić information content (AvgIpc) is 2.17. The Kier molecular flexibility index (Phi) is 4.05. The van der Waals surface area contributed by atoms with Crippen LogP contribution in [0.25, 0.3) is 0 Å². The van der Waals surface area contributed by atoms with Gasteiger partial charge >= 0.3 is 0 Å². The summed E-state index contributed by atoms with van der Waals surface area (Å²) in [4.78, 5) is 1.59. The fourth-order valence-corrected chi connectivity index (χ4v) is 1.53. The number of halogens is 1. The van der Waals surface area contributed by atoms with Gasteiger partial charge < -0.3 is 15.1 Å². The van der Waals surface area contributed by atoms with Crippen LogP contribution in [-0.2, 0) is 0 Å². The van der Waals surface area contributed by atoms with Crippen LogP contribution in [0.4, 0.5) is 10.1 Å². The van der Waals surface area contributed by atoms with E-state index >= 15 is 0 Å². The van der Waals surface area contributed by atoms with Crippen molar-refractivity contribution < 1.29 is 14.6 Å². The van der Waals surface area contributed by atoms with Crippen LogP contribution in [0.15, 0.2) is 18.2 Å². The van der Waals surface area contributed by atoms with Crippen LogP contribution >= 0.6 is 0 Å². The molecule has 2 N–H and O–H groups in total. The van der Waals surface area contributed by atoms with E-state index in [1.165, 1.54) is 6.07 Å². The molecule has 1 atom stereocenters. The molecule has 1 unspecified atom stereocenters. The van der Waals surface area contributed by atoms with E-state index in [2.05, 4.69) is 0 Å². The van der Waals surface area contributed by atoms with E-state index in [0.717, 1.165) is 0 Å². The van der Waals surface area contributed by atoms with Gasteiger partial charge in [-0.2, -0.15) is 0 Å². The summed E-state index contributed by atoms with van der Waals surface area (Å²) in [5.74, 6) is -0.385. The summed E-state index contributed by atoms with van der Waals surface area (Å²) < 4.78 is 13.5. The minimum absolute atomic E-state index is 0.0515. The first-order valence-electron chi connectivity index (χ1n) is 4.86. The Bertz CT molecular complexity index is 328. The van der Waals surface area contributed by atoms with E-state index in [9.17, 15) is 9.50 Å². The largest absolute Gasteiger partial charge is 0.395 e. The highest BCUT2D eigenvalue weighted by molar-refractivity contribution is 5.55. The maximum atomic E-state index is 13.5. The van der Waals surface area contributed by atoms with E-state index in [-0.39, 0.29) is 12.4 Å². The molecule has 0 aliphatic rings. The van der Waals surface area contributed by atoms with E-state index < -0.39 is 6.10 Å². The lowest BCUT2D eigenvalue weighted by atomic mass is 10.1. The first-order valence-corrected chi connectivity index (χ1v) is 4.86. The third kappa shape index (κ3) is 2.67. The summed E-state index contributed by atoms with van der Waals surface area (Å²) >= 11 is 0. The number of aliphatic hydroxyl groups is 2. The fourth-order valence-electron chi connectivity index (χ4n) is 1.53. The van der Waals surface area contributed by atoms with Crippen molar-refractivity contribution in [1.29, 1.82) is 0 Å². The average molecular weight is 213 g/mol. The molecule has 84 valence electrons. The number of rotatable bonds is 4. The van der Waals surface area contributed by atoms with Gasteiger partial charge in [0.15, 0.2) is 0 Å². The van der Waals surface area contributed by atoms with Crippen LogP contribution < -0.4 is 4.90 Å². The predicted molar refractivity (Wildman–Crippen MR) is 57.4 cm³/mol. The van der Waals surface area contributed by atoms with Crippen LogP contribution in [0, 0.1) is 5.82 Å². The summed E-state index contributed by atoms with van der Waals surface area (Å²) in [6, 6.07) is 4.58. The molecule has 0 aromatic heterocycles. The number of para-hydroxylation sites is 1. The summed E-state index contributed by atoms with van der Waals surface area (Å²) in [5, 5.41) is 18.3. The first kappa shape index (κ1) is 11.9. The van der Waals surface area contributed by atoms with Gasteiger partial charge in [-0.3, -0.25) is 0 Å². The third-order valence-corrected chi connectivity index (χ3v) is 2.29. The van der Waals surface area contributed by atoms with Gasteiger partial charge in [-0.25, -0.2) is 4.39 Å². The van der Waals surface area contributed by atoms with Crippen molar-refractivity contribution >= 4 is 5.69 Å². The smallest absolute Gasteiger partial charge is 0.146 e. The van der Waals surface area contributed by atoms with Gasteiger partial charge in [-0.15, -0.1) is 0 Å². The van der Waals surface area contributed by atoms with Crippen LogP contribution in [0.3, 0.4) is 0 Å². The minimum atomic E-state index is -0.725. The molecular weight excluding hydrogens is 197 g/mol. The normalized spacial score (nSPS) is 12.6. The number of aliphatic hydroxyl groups excluding tert-OH is 2. The first-order chi connectivity index (χ1) is 7.07. The topological polar surface area (TPSA) is 43.7 Å². The van der Waals surface area contributed by atoms with Crippen molar-refractivity contribution in [1.82, 2.24) is 0 Å². The third-order valence-electron chi connectivity index (χ3n) is 2.29. The van der Waals surface area contributed by atoms with Gasteiger partial charge in [0.25, 0.3) is 0 Å². The minimum Gasteiger partial charge on any atom is -0.395 e. The maximum absolute atomic E-state index is 13.5. The molecule has 0 heterocycles. The van der Waals surface area contributed by atoms with Crippen molar-refractivity contribution in [2.24, 2.45) is 0 Å². The Hall–Kier alpha value is -1.13. The molecule has 0 spiro atoms. The Morgan fingerprint density at radius 2 is 2.13 bits per heavy atom. The van der Waals surface area contributed by atoms with Crippen LogP contribution in [0.1, 0.15) is 18.6 Å². The number of likely N-dealkylation sites (N-methyl/N-ethyl adjacent to an activating group) is 1. The number of nitrogens with zero attached hydrogens (tertiary/aromatic N) is 1. The zero-order valence-corrected chi connectivity index (χ0v) is 8.94. The summed E-state index contributed by atoms with van der Waals surface area (Å²) in [6.07, 6.45) is -0.725. The van der Waals surface area contributed by atoms with Gasteiger partial charge in [0.1, 0.15) is 5.82 Å². The SMILES string of the molecule is CC(O)c1cccc(F)c1N(C)CCO. The number of hydrogen-bond donors (Lipinski definition) is 2. The molecule has 0 aliphatic carbocycles. The highest BCUT2D eigenvalue weighted by Gasteiger charge is 2.15. The molecule has 15 heavy (non-hydrogen) atoms. The second kappa shape index (κ2) is 5.09. The van der Waals surface area contributed by atoms with E-state index in [1.54, 1.807) is 31.0 Å². The van der Waals surface area contributed by atoms with Gasteiger partial charge in [0, 0.05) is 19.2 Å². The lowest BCUT2D eigenvalue weighted by molar-refractivity contribution is 0.199. The zero-order valence-electron chi connectivity index (χ0n) is 8.94. The molecule has 0 bridgehead atoms. The highest BCUT2D eigenvalue weighted by atomic mass is 19.1. The van der Waals surface area contributed by atoms with Crippen molar-refractivity contribution in [3.05, 3.63) is 29.6 Å².